The SMILES string of the molecule is CC(C)CCCCCCC(C)N(c1ccccc1)c1ccc(-c2ccc3c(c2)c2ccccc2n3-c2ccccc2)cc1. The monoisotopic (exact) mass is 564 g/mol. The van der Waals surface area contributed by atoms with Crippen molar-refractivity contribution in [1.29, 1.82) is 0 Å². The van der Waals surface area contributed by atoms with Gasteiger partial charge in [0.15, 0.2) is 0 Å². The van der Waals surface area contributed by atoms with Gasteiger partial charge in [-0.1, -0.05) is 119 Å². The number of hydrogen-bond donors (Lipinski definition) is 0. The summed E-state index contributed by atoms with van der Waals surface area (Å²) in [4.78, 5) is 2.52. The number of fused-ring (bicyclic) bond motifs is 3. The van der Waals surface area contributed by atoms with E-state index in [-0.39, 0.29) is 0 Å². The minimum Gasteiger partial charge on any atom is -0.339 e. The molecule has 218 valence electrons. The van der Waals surface area contributed by atoms with Crippen LogP contribution in [-0.4, -0.2) is 10.6 Å². The number of unbranched alkanes of at least 4 members (excludes halogenated alkanes) is 3. The van der Waals surface area contributed by atoms with Crippen molar-refractivity contribution in [2.75, 3.05) is 4.90 Å². The standard InChI is InChI=1S/C41H44N2/c1-31(2)16-8-4-5-9-17-32(3)42(35-18-10-6-11-19-35)37-27-24-33(25-28-37)34-26-29-41-39(30-34)38-22-14-15-23-40(38)43(41)36-20-12-7-13-21-36/h6-7,10-15,18-32H,4-5,8-9,16-17H2,1-3H3. The van der Waals surface area contributed by atoms with E-state index in [0.29, 0.717) is 6.04 Å². The molecule has 0 N–H and O–H groups in total. The second-order valence-electron chi connectivity index (χ2n) is 12.4. The molecule has 0 saturated heterocycles. The molecule has 1 heterocycles. The van der Waals surface area contributed by atoms with Gasteiger partial charge in [-0.05, 0) is 85.0 Å². The lowest BCUT2D eigenvalue weighted by Gasteiger charge is -2.32. The van der Waals surface area contributed by atoms with Gasteiger partial charge < -0.3 is 9.47 Å². The van der Waals surface area contributed by atoms with Crippen LogP contribution in [0.25, 0.3) is 38.6 Å². The Balaban J connectivity index is 1.27. The van der Waals surface area contributed by atoms with Gasteiger partial charge in [0.1, 0.15) is 0 Å². The summed E-state index contributed by atoms with van der Waals surface area (Å²) in [5.74, 6) is 0.812. The Labute approximate surface area is 257 Å². The minimum absolute atomic E-state index is 0.429. The average Bonchev–Trinajstić information content (AvgIpc) is 3.38. The molecular weight excluding hydrogens is 520 g/mol. The summed E-state index contributed by atoms with van der Waals surface area (Å²) < 4.78 is 2.38. The molecule has 6 aromatic rings. The molecule has 0 bridgehead atoms. The maximum Gasteiger partial charge on any atom is 0.0541 e. The van der Waals surface area contributed by atoms with E-state index >= 15 is 0 Å². The lowest BCUT2D eigenvalue weighted by molar-refractivity contribution is 0.503. The largest absolute Gasteiger partial charge is 0.339 e. The van der Waals surface area contributed by atoms with E-state index in [1.165, 1.54) is 88.5 Å². The molecule has 0 saturated carbocycles. The Bertz CT molecular complexity index is 1750. The van der Waals surface area contributed by atoms with Gasteiger partial charge >= 0.3 is 0 Å². The highest BCUT2D eigenvalue weighted by molar-refractivity contribution is 6.10. The van der Waals surface area contributed by atoms with Gasteiger partial charge in [-0.3, -0.25) is 0 Å². The van der Waals surface area contributed by atoms with Crippen LogP contribution in [0.15, 0.2) is 127 Å². The third kappa shape index (κ3) is 6.39. The van der Waals surface area contributed by atoms with Crippen molar-refractivity contribution < 1.29 is 0 Å². The molecule has 0 fully saturated rings. The van der Waals surface area contributed by atoms with Crippen LogP contribution in [0.1, 0.15) is 59.3 Å². The molecule has 6 rings (SSSR count). The summed E-state index contributed by atoms with van der Waals surface area (Å²) in [6, 6.07) is 46.8. The second kappa shape index (κ2) is 13.3. The quantitative estimate of drug-likeness (QED) is 0.134. The van der Waals surface area contributed by atoms with Crippen LogP contribution in [0.2, 0.25) is 0 Å². The predicted octanol–water partition coefficient (Wildman–Crippen LogP) is 12.0. The summed E-state index contributed by atoms with van der Waals surface area (Å²) in [5, 5.41) is 2.57. The Hall–Kier alpha value is -4.30. The maximum absolute atomic E-state index is 2.52. The van der Waals surface area contributed by atoms with Crippen molar-refractivity contribution in [2.45, 2.75) is 65.3 Å². The molecule has 1 atom stereocenters. The Morgan fingerprint density at radius 2 is 1.09 bits per heavy atom. The van der Waals surface area contributed by atoms with Crippen LogP contribution < -0.4 is 4.90 Å². The highest BCUT2D eigenvalue weighted by Crippen LogP contribution is 2.36. The van der Waals surface area contributed by atoms with E-state index < -0.39 is 0 Å². The number of rotatable bonds is 12. The summed E-state index contributed by atoms with van der Waals surface area (Å²) in [6.45, 7) is 7.03. The molecule has 1 aromatic heterocycles. The summed E-state index contributed by atoms with van der Waals surface area (Å²) in [6.07, 6.45) is 7.84. The van der Waals surface area contributed by atoms with Gasteiger partial charge in [0.2, 0.25) is 0 Å². The number of nitrogens with zero attached hydrogens (tertiary/aromatic N) is 2. The van der Waals surface area contributed by atoms with Gasteiger partial charge in [0, 0.05) is 33.9 Å². The first-order valence-electron chi connectivity index (χ1n) is 16.1. The van der Waals surface area contributed by atoms with Gasteiger partial charge in [-0.25, -0.2) is 0 Å². The van der Waals surface area contributed by atoms with E-state index in [9.17, 15) is 0 Å². The first-order valence-corrected chi connectivity index (χ1v) is 16.1. The number of para-hydroxylation sites is 3. The Morgan fingerprint density at radius 3 is 1.81 bits per heavy atom. The lowest BCUT2D eigenvalue weighted by Crippen LogP contribution is -2.28. The van der Waals surface area contributed by atoms with E-state index in [4.69, 9.17) is 0 Å². The molecule has 0 amide bonds. The number of benzene rings is 5. The van der Waals surface area contributed by atoms with Crippen LogP contribution in [0, 0.1) is 5.92 Å². The molecule has 0 aliphatic heterocycles. The highest BCUT2D eigenvalue weighted by Gasteiger charge is 2.17. The van der Waals surface area contributed by atoms with Gasteiger partial charge in [0.05, 0.1) is 11.0 Å². The summed E-state index contributed by atoms with van der Waals surface area (Å²) >= 11 is 0. The van der Waals surface area contributed by atoms with Crippen molar-refractivity contribution in [3.8, 4) is 16.8 Å². The van der Waals surface area contributed by atoms with Crippen LogP contribution in [0.3, 0.4) is 0 Å². The van der Waals surface area contributed by atoms with Crippen molar-refractivity contribution in [3.63, 3.8) is 0 Å². The zero-order chi connectivity index (χ0) is 29.6. The Kier molecular flexibility index (Phi) is 8.93. The molecule has 1 unspecified atom stereocenters. The molecule has 0 spiro atoms. The third-order valence-electron chi connectivity index (χ3n) is 8.79. The third-order valence-corrected chi connectivity index (χ3v) is 8.79. The fourth-order valence-corrected chi connectivity index (χ4v) is 6.54. The number of anilines is 2. The molecule has 43 heavy (non-hydrogen) atoms. The average molecular weight is 565 g/mol. The van der Waals surface area contributed by atoms with E-state index in [0.717, 1.165) is 5.92 Å². The highest BCUT2D eigenvalue weighted by atomic mass is 15.2. The van der Waals surface area contributed by atoms with Crippen LogP contribution >= 0.6 is 0 Å². The molecule has 2 heteroatoms. The van der Waals surface area contributed by atoms with Gasteiger partial charge in [0.25, 0.3) is 0 Å². The topological polar surface area (TPSA) is 8.17 Å². The van der Waals surface area contributed by atoms with Crippen molar-refractivity contribution in [3.05, 3.63) is 127 Å². The second-order valence-corrected chi connectivity index (χ2v) is 12.4. The summed E-state index contributed by atoms with van der Waals surface area (Å²) in [7, 11) is 0. The predicted molar refractivity (Wildman–Crippen MR) is 187 cm³/mol. The minimum atomic E-state index is 0.429. The Morgan fingerprint density at radius 1 is 0.512 bits per heavy atom. The van der Waals surface area contributed by atoms with Crippen molar-refractivity contribution in [1.82, 2.24) is 4.57 Å². The maximum atomic E-state index is 2.52. The lowest BCUT2D eigenvalue weighted by atomic mass is 10.0. The van der Waals surface area contributed by atoms with E-state index in [1.807, 2.05) is 0 Å². The van der Waals surface area contributed by atoms with Gasteiger partial charge in [-0.15, -0.1) is 0 Å². The zero-order valence-corrected chi connectivity index (χ0v) is 25.9. The van der Waals surface area contributed by atoms with E-state index in [1.54, 1.807) is 0 Å². The van der Waals surface area contributed by atoms with E-state index in [2.05, 4.69) is 158 Å². The molecular formula is C41H44N2. The van der Waals surface area contributed by atoms with Crippen LogP contribution in [0.5, 0.6) is 0 Å². The fourth-order valence-electron chi connectivity index (χ4n) is 6.54. The summed E-state index contributed by atoms with van der Waals surface area (Å²) in [5.41, 5.74) is 8.67. The number of hydrogen-bond acceptors (Lipinski definition) is 1. The number of aromatic nitrogens is 1. The molecule has 0 radical (unpaired) electrons. The fraction of sp³-hybridized carbons (Fsp3) is 0.268. The molecule has 0 aliphatic rings. The zero-order valence-electron chi connectivity index (χ0n) is 25.9. The first-order chi connectivity index (χ1) is 21.1. The van der Waals surface area contributed by atoms with Crippen molar-refractivity contribution >= 4 is 33.2 Å². The first kappa shape index (κ1) is 28.8. The van der Waals surface area contributed by atoms with Crippen LogP contribution in [0.4, 0.5) is 11.4 Å². The molecule has 0 aliphatic carbocycles. The smallest absolute Gasteiger partial charge is 0.0541 e. The van der Waals surface area contributed by atoms with Gasteiger partial charge in [-0.2, -0.15) is 0 Å². The van der Waals surface area contributed by atoms with Crippen molar-refractivity contribution in [2.24, 2.45) is 5.92 Å². The van der Waals surface area contributed by atoms with Crippen LogP contribution in [-0.2, 0) is 0 Å². The molecule has 2 nitrogen and oxygen atoms in total. The molecule has 5 aromatic carbocycles. The normalized spacial score (nSPS) is 12.3.